The zero-order chi connectivity index (χ0) is 18.4. The molecule has 2 N–H and O–H groups in total. The fraction of sp³-hybridized carbons (Fsp3) is 0.800. The predicted octanol–water partition coefficient (Wildman–Crippen LogP) is 4.11. The summed E-state index contributed by atoms with van der Waals surface area (Å²) in [7, 11) is 2.02. The van der Waals surface area contributed by atoms with Crippen molar-refractivity contribution in [1.29, 1.82) is 0 Å². The Labute approximate surface area is 176 Å². The first-order chi connectivity index (χ1) is 11.9. The molecule has 0 radical (unpaired) electrons. The van der Waals surface area contributed by atoms with Crippen LogP contribution in [0.1, 0.15) is 69.8 Å². The van der Waals surface area contributed by atoms with Gasteiger partial charge in [0.25, 0.3) is 0 Å². The predicted molar refractivity (Wildman–Crippen MR) is 122 cm³/mol. The fourth-order valence-corrected chi connectivity index (χ4v) is 4.02. The van der Waals surface area contributed by atoms with Crippen molar-refractivity contribution in [2.75, 3.05) is 13.1 Å². The third-order valence-electron chi connectivity index (χ3n) is 5.88. The maximum Gasteiger partial charge on any atom is 0.191 e. The number of guanidine groups is 1. The van der Waals surface area contributed by atoms with Gasteiger partial charge < -0.3 is 10.6 Å². The molecule has 1 aliphatic carbocycles. The molecule has 0 saturated heterocycles. The number of aromatic nitrogens is 2. The van der Waals surface area contributed by atoms with Crippen molar-refractivity contribution in [3.63, 3.8) is 0 Å². The summed E-state index contributed by atoms with van der Waals surface area (Å²) in [4.78, 5) is 4.94. The van der Waals surface area contributed by atoms with E-state index in [9.17, 15) is 0 Å². The normalized spacial score (nSPS) is 17.7. The summed E-state index contributed by atoms with van der Waals surface area (Å²) in [6.45, 7) is 12.7. The highest BCUT2D eigenvalue weighted by atomic mass is 127. The van der Waals surface area contributed by atoms with E-state index in [1.165, 1.54) is 43.4 Å². The zero-order valence-corrected chi connectivity index (χ0v) is 19.8. The van der Waals surface area contributed by atoms with Crippen LogP contribution in [0.3, 0.4) is 0 Å². The van der Waals surface area contributed by atoms with Crippen LogP contribution in [0, 0.1) is 19.3 Å². The van der Waals surface area contributed by atoms with Crippen molar-refractivity contribution in [1.82, 2.24) is 20.4 Å². The lowest BCUT2D eigenvalue weighted by molar-refractivity contribution is 0.297. The summed E-state index contributed by atoms with van der Waals surface area (Å²) < 4.78 is 1.97. The van der Waals surface area contributed by atoms with Crippen LogP contribution in [0.4, 0.5) is 0 Å². The average molecular weight is 475 g/mol. The summed E-state index contributed by atoms with van der Waals surface area (Å²) in [5.74, 6) is 0.953. The molecular weight excluding hydrogens is 437 g/mol. The summed E-state index contributed by atoms with van der Waals surface area (Å²) >= 11 is 0. The highest BCUT2D eigenvalue weighted by Crippen LogP contribution is 2.41. The van der Waals surface area contributed by atoms with Crippen LogP contribution in [0.15, 0.2) is 4.99 Å². The maximum atomic E-state index is 4.94. The molecule has 0 bridgehead atoms. The molecule has 26 heavy (non-hydrogen) atoms. The van der Waals surface area contributed by atoms with Crippen molar-refractivity contribution in [3.8, 4) is 0 Å². The van der Waals surface area contributed by atoms with Gasteiger partial charge in [-0.3, -0.25) is 9.67 Å². The summed E-state index contributed by atoms with van der Waals surface area (Å²) in [6, 6.07) is 0.320. The Bertz CT molecular complexity index is 587. The molecule has 5 nitrogen and oxygen atoms in total. The van der Waals surface area contributed by atoms with E-state index in [0.29, 0.717) is 11.5 Å². The number of hydrogen-bond acceptors (Lipinski definition) is 2. The van der Waals surface area contributed by atoms with E-state index in [1.54, 1.807) is 0 Å². The first kappa shape index (κ1) is 23.2. The molecule has 1 atom stereocenters. The second kappa shape index (κ2) is 10.5. The molecule has 6 heteroatoms. The highest BCUT2D eigenvalue weighted by Gasteiger charge is 2.31. The van der Waals surface area contributed by atoms with Crippen LogP contribution in [0.5, 0.6) is 0 Å². The first-order valence-corrected chi connectivity index (χ1v) is 9.94. The van der Waals surface area contributed by atoms with Crippen LogP contribution >= 0.6 is 24.0 Å². The molecule has 0 aromatic carbocycles. The molecule has 1 aliphatic rings. The van der Waals surface area contributed by atoms with Crippen molar-refractivity contribution in [3.05, 3.63) is 17.0 Å². The van der Waals surface area contributed by atoms with E-state index < -0.39 is 0 Å². The summed E-state index contributed by atoms with van der Waals surface area (Å²) in [5.41, 5.74) is 4.16. The highest BCUT2D eigenvalue weighted by molar-refractivity contribution is 14.0. The zero-order valence-electron chi connectivity index (χ0n) is 17.5. The van der Waals surface area contributed by atoms with Gasteiger partial charge in [0.1, 0.15) is 0 Å². The molecule has 1 fully saturated rings. The Hall–Kier alpha value is -0.790. The van der Waals surface area contributed by atoms with Gasteiger partial charge in [-0.25, -0.2) is 0 Å². The van der Waals surface area contributed by atoms with E-state index in [4.69, 9.17) is 4.99 Å². The standard InChI is InChI=1S/C20H37N5.HI/c1-7-20(11-9-10-12-20)14-22-19(21-8-2)23-15(3)13-18-16(4)24-25(6)17(18)5;/h15H,7-14H2,1-6H3,(H2,21,22,23);1H. The van der Waals surface area contributed by atoms with Crippen molar-refractivity contribution < 1.29 is 0 Å². The van der Waals surface area contributed by atoms with E-state index in [1.807, 2.05) is 11.7 Å². The number of halogens is 1. The number of rotatable bonds is 7. The summed E-state index contributed by atoms with van der Waals surface area (Å²) in [6.07, 6.45) is 7.59. The minimum atomic E-state index is 0. The van der Waals surface area contributed by atoms with Crippen LogP contribution in [0.2, 0.25) is 0 Å². The Morgan fingerprint density at radius 2 is 1.92 bits per heavy atom. The minimum absolute atomic E-state index is 0. The van der Waals surface area contributed by atoms with Crippen molar-refractivity contribution in [2.24, 2.45) is 17.5 Å². The third-order valence-corrected chi connectivity index (χ3v) is 5.88. The monoisotopic (exact) mass is 475 g/mol. The van der Waals surface area contributed by atoms with Gasteiger partial charge >= 0.3 is 0 Å². The van der Waals surface area contributed by atoms with Crippen molar-refractivity contribution in [2.45, 2.75) is 79.2 Å². The molecule has 150 valence electrons. The van der Waals surface area contributed by atoms with Crippen LogP contribution in [0.25, 0.3) is 0 Å². The van der Waals surface area contributed by atoms with Gasteiger partial charge in [0.2, 0.25) is 0 Å². The lowest BCUT2D eigenvalue weighted by atomic mass is 9.84. The number of hydrogen-bond donors (Lipinski definition) is 2. The molecule has 0 amide bonds. The van der Waals surface area contributed by atoms with Crippen LogP contribution in [-0.4, -0.2) is 34.9 Å². The van der Waals surface area contributed by atoms with Gasteiger partial charge in [-0.15, -0.1) is 24.0 Å². The molecule has 2 rings (SSSR count). The van der Waals surface area contributed by atoms with E-state index >= 15 is 0 Å². The SMILES string of the molecule is CCNC(=NCC1(CC)CCCC1)NC(C)Cc1c(C)nn(C)c1C.I. The van der Waals surface area contributed by atoms with Crippen LogP contribution in [-0.2, 0) is 13.5 Å². The van der Waals surface area contributed by atoms with Gasteiger partial charge in [-0.1, -0.05) is 19.8 Å². The Kier molecular flexibility index (Phi) is 9.41. The molecule has 0 aliphatic heterocycles. The molecule has 0 spiro atoms. The largest absolute Gasteiger partial charge is 0.357 e. The van der Waals surface area contributed by atoms with Gasteiger partial charge in [-0.05, 0) is 64.4 Å². The smallest absolute Gasteiger partial charge is 0.191 e. The summed E-state index contributed by atoms with van der Waals surface area (Å²) in [5, 5.41) is 11.5. The molecule has 1 unspecified atom stereocenters. The number of nitrogens with zero attached hydrogens (tertiary/aromatic N) is 3. The molecule has 1 heterocycles. The number of aliphatic imine (C=N–C) groups is 1. The van der Waals surface area contributed by atoms with Gasteiger partial charge in [0.05, 0.1) is 5.69 Å². The van der Waals surface area contributed by atoms with E-state index in [-0.39, 0.29) is 24.0 Å². The topological polar surface area (TPSA) is 54.2 Å². The number of aryl methyl sites for hydroxylation is 2. The Morgan fingerprint density at radius 1 is 1.27 bits per heavy atom. The van der Waals surface area contributed by atoms with Crippen LogP contribution < -0.4 is 10.6 Å². The maximum absolute atomic E-state index is 4.94. The molecular formula is C20H38IN5. The number of nitrogens with one attached hydrogen (secondary N) is 2. The van der Waals surface area contributed by atoms with Gasteiger partial charge in [0, 0.05) is 31.9 Å². The van der Waals surface area contributed by atoms with E-state index in [0.717, 1.165) is 31.2 Å². The molecule has 1 aromatic heterocycles. The molecule has 1 aromatic rings. The second-order valence-corrected chi connectivity index (χ2v) is 7.78. The van der Waals surface area contributed by atoms with Gasteiger partial charge in [0.15, 0.2) is 5.96 Å². The fourth-order valence-electron chi connectivity index (χ4n) is 4.02. The average Bonchev–Trinajstić information content (AvgIpc) is 3.14. The molecule has 1 saturated carbocycles. The quantitative estimate of drug-likeness (QED) is 0.355. The second-order valence-electron chi connectivity index (χ2n) is 7.78. The first-order valence-electron chi connectivity index (χ1n) is 9.94. The third kappa shape index (κ3) is 5.86. The lowest BCUT2D eigenvalue weighted by Gasteiger charge is -2.26. The Morgan fingerprint density at radius 3 is 2.42 bits per heavy atom. The lowest BCUT2D eigenvalue weighted by Crippen LogP contribution is -2.43. The van der Waals surface area contributed by atoms with Gasteiger partial charge in [-0.2, -0.15) is 5.10 Å². The van der Waals surface area contributed by atoms with E-state index in [2.05, 4.69) is 50.4 Å². The van der Waals surface area contributed by atoms with Crippen molar-refractivity contribution >= 4 is 29.9 Å². The minimum Gasteiger partial charge on any atom is -0.357 e. The Balaban J connectivity index is 0.00000338.